The van der Waals surface area contributed by atoms with Crippen LogP contribution in [-0.4, -0.2) is 29.8 Å². The van der Waals surface area contributed by atoms with E-state index in [1.54, 1.807) is 6.92 Å². The number of amides is 1. The molecular formula is C9H15NO4. The molecule has 0 aliphatic carbocycles. The first-order valence-corrected chi connectivity index (χ1v) is 4.49. The summed E-state index contributed by atoms with van der Waals surface area (Å²) in [5.41, 5.74) is -0.354. The molecule has 0 aromatic heterocycles. The summed E-state index contributed by atoms with van der Waals surface area (Å²) in [6, 6.07) is -0.693. The number of carbonyl (C=O) groups excluding carboxylic acids is 2. The van der Waals surface area contributed by atoms with Crippen molar-refractivity contribution < 1.29 is 19.1 Å². The van der Waals surface area contributed by atoms with Crippen LogP contribution in [0.25, 0.3) is 0 Å². The van der Waals surface area contributed by atoms with E-state index in [1.165, 1.54) is 0 Å². The van der Waals surface area contributed by atoms with Gasteiger partial charge in [0.05, 0.1) is 11.7 Å². The Morgan fingerprint density at radius 3 is 2.36 bits per heavy atom. The maximum atomic E-state index is 11.1. The van der Waals surface area contributed by atoms with Crippen molar-refractivity contribution in [3.8, 4) is 0 Å². The molecule has 0 unspecified atom stereocenters. The number of ether oxygens (including phenoxy) is 2. The lowest BCUT2D eigenvalue weighted by molar-refractivity contribution is -0.141. The Morgan fingerprint density at radius 2 is 2.00 bits per heavy atom. The highest BCUT2D eigenvalue weighted by Gasteiger charge is 2.38. The van der Waals surface area contributed by atoms with Crippen molar-refractivity contribution in [1.82, 2.24) is 5.32 Å². The van der Waals surface area contributed by atoms with Crippen LogP contribution in [0.3, 0.4) is 0 Å². The van der Waals surface area contributed by atoms with Crippen LogP contribution in [0.2, 0.25) is 0 Å². The Labute approximate surface area is 82.8 Å². The van der Waals surface area contributed by atoms with Gasteiger partial charge in [0.15, 0.2) is 6.04 Å². The summed E-state index contributed by atoms with van der Waals surface area (Å²) in [6.45, 7) is 7.37. The van der Waals surface area contributed by atoms with E-state index in [2.05, 4.69) is 10.1 Å². The Morgan fingerprint density at radius 1 is 1.43 bits per heavy atom. The summed E-state index contributed by atoms with van der Waals surface area (Å²) in [4.78, 5) is 21.9. The van der Waals surface area contributed by atoms with Crippen LogP contribution in [0.15, 0.2) is 0 Å². The molecule has 1 aliphatic rings. The third kappa shape index (κ3) is 2.70. The Balaban J connectivity index is 2.57. The zero-order valence-corrected chi connectivity index (χ0v) is 8.79. The Kier molecular flexibility index (Phi) is 2.80. The van der Waals surface area contributed by atoms with Crippen molar-refractivity contribution in [3.63, 3.8) is 0 Å². The molecule has 1 fully saturated rings. The van der Waals surface area contributed by atoms with Gasteiger partial charge < -0.3 is 14.8 Å². The zero-order valence-electron chi connectivity index (χ0n) is 8.79. The van der Waals surface area contributed by atoms with Crippen molar-refractivity contribution in [1.29, 1.82) is 0 Å². The second-order valence-corrected chi connectivity index (χ2v) is 4.27. The lowest BCUT2D eigenvalue weighted by Gasteiger charge is -2.26. The van der Waals surface area contributed by atoms with Gasteiger partial charge >= 0.3 is 12.1 Å². The minimum Gasteiger partial charge on any atom is -0.375 e. The monoisotopic (exact) mass is 201 g/mol. The third-order valence-corrected chi connectivity index (χ3v) is 1.73. The van der Waals surface area contributed by atoms with Crippen LogP contribution >= 0.6 is 0 Å². The molecular weight excluding hydrogens is 186 g/mol. The molecule has 0 aromatic carbocycles. The molecule has 0 spiro atoms. The van der Waals surface area contributed by atoms with Gasteiger partial charge in [-0.3, -0.25) is 0 Å². The summed E-state index contributed by atoms with van der Waals surface area (Å²) in [6.07, 6.45) is -1.10. The van der Waals surface area contributed by atoms with Crippen molar-refractivity contribution >= 4 is 12.1 Å². The number of nitrogens with one attached hydrogen (secondary N) is 1. The number of alkyl carbamates (subject to hydrolysis) is 1. The number of cyclic esters (lactones) is 2. The molecule has 1 N–H and O–H groups in total. The molecule has 14 heavy (non-hydrogen) atoms. The minimum absolute atomic E-state index is 0.354. The van der Waals surface area contributed by atoms with Crippen molar-refractivity contribution in [3.05, 3.63) is 0 Å². The molecule has 1 heterocycles. The fraction of sp³-hybridized carbons (Fsp3) is 0.778. The van der Waals surface area contributed by atoms with E-state index >= 15 is 0 Å². The summed E-state index contributed by atoms with van der Waals surface area (Å²) < 4.78 is 9.87. The first-order valence-electron chi connectivity index (χ1n) is 4.49. The molecule has 2 atom stereocenters. The summed E-state index contributed by atoms with van der Waals surface area (Å²) in [7, 11) is 0. The molecule has 0 radical (unpaired) electrons. The van der Waals surface area contributed by atoms with Gasteiger partial charge in [0.1, 0.15) is 0 Å². The quantitative estimate of drug-likeness (QED) is 0.530. The van der Waals surface area contributed by atoms with E-state index in [4.69, 9.17) is 4.74 Å². The Hall–Kier alpha value is -1.10. The predicted molar refractivity (Wildman–Crippen MR) is 48.7 cm³/mol. The van der Waals surface area contributed by atoms with Crippen LogP contribution in [0.4, 0.5) is 4.79 Å². The van der Waals surface area contributed by atoms with E-state index in [0.29, 0.717) is 0 Å². The SMILES string of the molecule is C[C@@H](OC(C)(C)C)[C@@H]1NC(=O)OC1=O. The summed E-state index contributed by atoms with van der Waals surface area (Å²) in [5.74, 6) is -0.577. The fourth-order valence-electron chi connectivity index (χ4n) is 1.30. The van der Waals surface area contributed by atoms with E-state index in [-0.39, 0.29) is 5.60 Å². The maximum absolute atomic E-state index is 11.1. The average molecular weight is 201 g/mol. The zero-order chi connectivity index (χ0) is 10.9. The molecule has 0 aromatic rings. The maximum Gasteiger partial charge on any atom is 0.415 e. The minimum atomic E-state index is -0.704. The Bertz CT molecular complexity index is 256. The molecule has 0 saturated carbocycles. The smallest absolute Gasteiger partial charge is 0.375 e. The number of rotatable bonds is 2. The molecule has 1 saturated heterocycles. The molecule has 5 nitrogen and oxygen atoms in total. The van der Waals surface area contributed by atoms with Crippen molar-refractivity contribution in [2.75, 3.05) is 0 Å². The van der Waals surface area contributed by atoms with Gasteiger partial charge in [0.2, 0.25) is 0 Å². The number of esters is 1. The van der Waals surface area contributed by atoms with Crippen LogP contribution in [0.5, 0.6) is 0 Å². The average Bonchev–Trinajstić information content (AvgIpc) is 2.26. The summed E-state index contributed by atoms with van der Waals surface area (Å²) >= 11 is 0. The topological polar surface area (TPSA) is 64.6 Å². The lowest BCUT2D eigenvalue weighted by atomic mass is 10.1. The number of hydrogen-bond donors (Lipinski definition) is 1. The highest BCUT2D eigenvalue weighted by Crippen LogP contribution is 2.15. The highest BCUT2D eigenvalue weighted by molar-refractivity contribution is 5.95. The molecule has 1 rings (SSSR count). The third-order valence-electron chi connectivity index (χ3n) is 1.73. The standard InChI is InChI=1S/C9H15NO4/c1-5(14-9(2,3)4)6-7(11)13-8(12)10-6/h5-6H,1-4H3,(H,10,12)/t5-,6+/m1/s1. The number of hydrogen-bond acceptors (Lipinski definition) is 4. The summed E-state index contributed by atoms with van der Waals surface area (Å²) in [5, 5.41) is 2.39. The highest BCUT2D eigenvalue weighted by atomic mass is 16.6. The molecule has 5 heteroatoms. The van der Waals surface area contributed by atoms with Crippen LogP contribution in [0, 0.1) is 0 Å². The van der Waals surface area contributed by atoms with Gasteiger partial charge in [-0.15, -0.1) is 0 Å². The molecule has 80 valence electrons. The van der Waals surface area contributed by atoms with Gasteiger partial charge in [0, 0.05) is 0 Å². The first-order chi connectivity index (χ1) is 6.29. The predicted octanol–water partition coefficient (Wildman–Crippen LogP) is 0.825. The van der Waals surface area contributed by atoms with E-state index < -0.39 is 24.2 Å². The van der Waals surface area contributed by atoms with Crippen molar-refractivity contribution in [2.24, 2.45) is 0 Å². The van der Waals surface area contributed by atoms with Gasteiger partial charge in [-0.2, -0.15) is 0 Å². The van der Waals surface area contributed by atoms with Gasteiger partial charge in [-0.25, -0.2) is 9.59 Å². The van der Waals surface area contributed by atoms with Crippen LogP contribution in [-0.2, 0) is 14.3 Å². The van der Waals surface area contributed by atoms with Gasteiger partial charge in [-0.1, -0.05) is 0 Å². The van der Waals surface area contributed by atoms with Gasteiger partial charge in [0.25, 0.3) is 0 Å². The van der Waals surface area contributed by atoms with Crippen molar-refractivity contribution in [2.45, 2.75) is 45.4 Å². The van der Waals surface area contributed by atoms with Crippen LogP contribution < -0.4 is 5.32 Å². The van der Waals surface area contributed by atoms with E-state index in [1.807, 2.05) is 20.8 Å². The van der Waals surface area contributed by atoms with E-state index in [0.717, 1.165) is 0 Å². The lowest BCUT2D eigenvalue weighted by Crippen LogP contribution is -2.43. The fourth-order valence-corrected chi connectivity index (χ4v) is 1.30. The van der Waals surface area contributed by atoms with Gasteiger partial charge in [-0.05, 0) is 27.7 Å². The largest absolute Gasteiger partial charge is 0.415 e. The first kappa shape index (κ1) is 11.0. The van der Waals surface area contributed by atoms with Crippen LogP contribution in [0.1, 0.15) is 27.7 Å². The molecule has 1 amide bonds. The number of carbonyl (C=O) groups is 2. The second-order valence-electron chi connectivity index (χ2n) is 4.27. The molecule has 1 aliphatic heterocycles. The van der Waals surface area contributed by atoms with E-state index in [9.17, 15) is 9.59 Å². The second kappa shape index (κ2) is 3.57. The molecule has 0 bridgehead atoms. The normalized spacial score (nSPS) is 24.4.